The van der Waals surface area contributed by atoms with E-state index in [9.17, 15) is 14.4 Å². The van der Waals surface area contributed by atoms with Crippen molar-refractivity contribution in [2.45, 2.75) is 165 Å². The van der Waals surface area contributed by atoms with Crippen molar-refractivity contribution in [2.24, 2.45) is 11.3 Å². The fourth-order valence-corrected chi connectivity index (χ4v) is 3.92. The quantitative estimate of drug-likeness (QED) is 0.0391. The van der Waals surface area contributed by atoms with E-state index < -0.39 is 37.0 Å². The van der Waals surface area contributed by atoms with Gasteiger partial charge in [0.25, 0.3) is 0 Å². The summed E-state index contributed by atoms with van der Waals surface area (Å²) in [6.45, 7) is 17.6. The first-order valence-electron chi connectivity index (χ1n) is 20.8. The molecule has 0 aromatic heterocycles. The Morgan fingerprint density at radius 2 is 0.820 bits per heavy atom. The molecule has 0 aliphatic carbocycles. The van der Waals surface area contributed by atoms with Gasteiger partial charge in [0.1, 0.15) is 19.8 Å². The highest BCUT2D eigenvalue weighted by atomic mass is 16.7. The first kappa shape index (κ1) is 65.5. The van der Waals surface area contributed by atoms with E-state index in [0.717, 1.165) is 0 Å². The average molecular weight is 898 g/mol. The first-order valence-corrected chi connectivity index (χ1v) is 20.3. The first-order chi connectivity index (χ1) is 28.5. The summed E-state index contributed by atoms with van der Waals surface area (Å²) in [5.41, 5.74) is -0.0996. The molecule has 61 heavy (non-hydrogen) atoms. The molecule has 0 spiro atoms. The SMILES string of the molecule is C.CCC(CO)OC(CO)OC.CCC(CO)OC(COC(=O)CC(C)(C)C)OC.CCC(CO)OC(COC(C)=O)OC.[2H]C(C)(C)CC(=O)OCC(OC)OC(CC)CO. The summed E-state index contributed by atoms with van der Waals surface area (Å²) in [5, 5.41) is 44.2. The monoisotopic (exact) mass is 898 g/mol. The van der Waals surface area contributed by atoms with Gasteiger partial charge in [0.15, 0.2) is 25.2 Å². The summed E-state index contributed by atoms with van der Waals surface area (Å²) in [6.07, 6.45) is -0.654. The number of carbonyl (C=O) groups excluding carboxylic acids is 3. The fraction of sp³-hybridized carbons (Fsp3) is 0.929. The van der Waals surface area contributed by atoms with Gasteiger partial charge >= 0.3 is 17.9 Å². The highest BCUT2D eigenvalue weighted by Gasteiger charge is 2.21. The smallest absolute Gasteiger partial charge is 0.306 e. The van der Waals surface area contributed by atoms with Crippen molar-refractivity contribution in [3.63, 3.8) is 0 Å². The van der Waals surface area contributed by atoms with Gasteiger partial charge < -0.3 is 77.6 Å². The Balaban J connectivity index is -0.000000236. The van der Waals surface area contributed by atoms with Gasteiger partial charge in [-0.25, -0.2) is 0 Å². The van der Waals surface area contributed by atoms with Gasteiger partial charge in [-0.05, 0) is 37.0 Å². The summed E-state index contributed by atoms with van der Waals surface area (Å²) in [4.78, 5) is 33.4. The van der Waals surface area contributed by atoms with Crippen LogP contribution in [0.2, 0.25) is 0 Å². The molecular weight excluding hydrogens is 808 g/mol. The number of aliphatic hydroxyl groups excluding tert-OH is 5. The van der Waals surface area contributed by atoms with E-state index >= 15 is 0 Å². The zero-order chi connectivity index (χ0) is 48.0. The van der Waals surface area contributed by atoms with Crippen LogP contribution in [0.15, 0.2) is 0 Å². The van der Waals surface area contributed by atoms with Crippen molar-refractivity contribution < 1.29 is 93.4 Å². The van der Waals surface area contributed by atoms with Crippen molar-refractivity contribution in [3.05, 3.63) is 0 Å². The van der Waals surface area contributed by atoms with Gasteiger partial charge in [-0.2, -0.15) is 0 Å². The van der Waals surface area contributed by atoms with Crippen LogP contribution in [0.25, 0.3) is 0 Å². The molecule has 0 aliphatic rings. The molecule has 19 nitrogen and oxygen atoms in total. The van der Waals surface area contributed by atoms with Crippen molar-refractivity contribution in [1.82, 2.24) is 0 Å². The average Bonchev–Trinajstić information content (AvgIpc) is 3.21. The summed E-state index contributed by atoms with van der Waals surface area (Å²) in [7, 11) is 5.83. The topological polar surface area (TPSA) is 254 Å². The van der Waals surface area contributed by atoms with E-state index in [1.165, 1.54) is 35.4 Å². The van der Waals surface area contributed by atoms with Gasteiger partial charge in [0.2, 0.25) is 0 Å². The Hall–Kier alpha value is -2.11. The summed E-state index contributed by atoms with van der Waals surface area (Å²) in [5.74, 6) is -1.96. The molecule has 0 aromatic carbocycles. The third-order valence-corrected chi connectivity index (χ3v) is 7.57. The molecule has 0 aliphatic heterocycles. The molecule has 0 bridgehead atoms. The summed E-state index contributed by atoms with van der Waals surface area (Å²) < 4.78 is 63.3. The van der Waals surface area contributed by atoms with Crippen LogP contribution in [0.5, 0.6) is 0 Å². The van der Waals surface area contributed by atoms with Crippen LogP contribution >= 0.6 is 0 Å². The predicted octanol–water partition coefficient (Wildman–Crippen LogP) is 3.75. The van der Waals surface area contributed by atoms with Crippen LogP contribution in [-0.4, -0.2) is 174 Å². The second kappa shape index (κ2) is 44.5. The Morgan fingerprint density at radius 3 is 1.05 bits per heavy atom. The van der Waals surface area contributed by atoms with E-state index in [1.807, 2.05) is 48.5 Å². The molecule has 19 heteroatoms. The Kier molecular flexibility index (Phi) is 47.8. The molecule has 5 N–H and O–H groups in total. The maximum Gasteiger partial charge on any atom is 0.306 e. The van der Waals surface area contributed by atoms with Gasteiger partial charge in [-0.1, -0.05) is 69.7 Å². The largest absolute Gasteiger partial charge is 0.460 e. The van der Waals surface area contributed by atoms with Crippen molar-refractivity contribution in [3.8, 4) is 0 Å². The van der Waals surface area contributed by atoms with E-state index in [0.29, 0.717) is 32.1 Å². The highest BCUT2D eigenvalue weighted by molar-refractivity contribution is 5.70. The zero-order valence-corrected chi connectivity index (χ0v) is 39.0. The van der Waals surface area contributed by atoms with Crippen LogP contribution < -0.4 is 0 Å². The van der Waals surface area contributed by atoms with E-state index in [-0.39, 0.29) is 108 Å². The molecule has 0 radical (unpaired) electrons. The number of hydrogen-bond donors (Lipinski definition) is 5. The minimum Gasteiger partial charge on any atom is -0.460 e. The lowest BCUT2D eigenvalue weighted by Crippen LogP contribution is -2.31. The second-order valence-corrected chi connectivity index (χ2v) is 14.5. The zero-order valence-electron chi connectivity index (χ0n) is 40.0. The maximum absolute atomic E-state index is 11.5. The number of ether oxygens (including phenoxy) is 11. The summed E-state index contributed by atoms with van der Waals surface area (Å²) in [6, 6.07) is 0. The molecule has 370 valence electrons. The molecule has 0 aromatic rings. The van der Waals surface area contributed by atoms with Crippen LogP contribution in [0.3, 0.4) is 0 Å². The minimum atomic E-state index is -0.850. The minimum absolute atomic E-state index is 0. The summed E-state index contributed by atoms with van der Waals surface area (Å²) >= 11 is 0. The van der Waals surface area contributed by atoms with Gasteiger partial charge in [0.05, 0.1) is 63.9 Å². The van der Waals surface area contributed by atoms with Crippen LogP contribution in [-0.2, 0) is 66.5 Å². The van der Waals surface area contributed by atoms with E-state index in [4.69, 9.17) is 79.0 Å². The lowest BCUT2D eigenvalue weighted by Gasteiger charge is -2.22. The number of carbonyl (C=O) groups is 3. The normalized spacial score (nSPS) is 15.4. The van der Waals surface area contributed by atoms with Crippen molar-refractivity contribution in [1.29, 1.82) is 0 Å². The molecule has 8 unspecified atom stereocenters. The molecule has 0 rings (SSSR count). The number of rotatable bonds is 30. The van der Waals surface area contributed by atoms with Crippen molar-refractivity contribution >= 4 is 17.9 Å². The van der Waals surface area contributed by atoms with Gasteiger partial charge in [-0.3, -0.25) is 14.4 Å². The van der Waals surface area contributed by atoms with E-state index in [1.54, 1.807) is 13.8 Å². The third kappa shape index (κ3) is 44.3. The Bertz CT molecular complexity index is 947. The lowest BCUT2D eigenvalue weighted by molar-refractivity contribution is -0.195. The van der Waals surface area contributed by atoms with Crippen LogP contribution in [0.1, 0.15) is 117 Å². The lowest BCUT2D eigenvalue weighted by atomic mass is 9.93. The molecule has 0 saturated heterocycles. The predicted molar refractivity (Wildman–Crippen MR) is 228 cm³/mol. The highest BCUT2D eigenvalue weighted by Crippen LogP contribution is 2.19. The maximum atomic E-state index is 11.5. The van der Waals surface area contributed by atoms with Crippen LogP contribution in [0.4, 0.5) is 0 Å². The molecule has 8 atom stereocenters. The molecular formula is C42H88O19. The standard InChI is InChI=1S/C13H26O5.C12H24O5.C9H18O5.C7H16O4.CH4/c1-6-10(8-14)18-12(16-5)9-17-11(15)7-13(2,3)4;1-5-10(7-13)17-12(15-4)8-16-11(14)6-9(2)3;1-4-8(5-10)14-9(12-3)6-13-7(2)11;1-3-6(4-8)11-7(5-9)10-2;/h10,12,14H,6-9H2,1-5H3;9-10,12-13H,5-8H2,1-4H3;8-10H,4-6H2,1-3H3;6-9H,3-5H2,1-2H3;1H4/i;9D;;;. The van der Waals surface area contributed by atoms with Gasteiger partial charge in [-0.15, -0.1) is 0 Å². The van der Waals surface area contributed by atoms with Gasteiger partial charge in [0, 0.05) is 43.2 Å². The Morgan fingerprint density at radius 1 is 0.525 bits per heavy atom. The number of hydrogen-bond acceptors (Lipinski definition) is 19. The van der Waals surface area contributed by atoms with Crippen LogP contribution in [0, 0.1) is 11.3 Å². The molecule has 0 saturated carbocycles. The Labute approximate surface area is 368 Å². The van der Waals surface area contributed by atoms with Crippen molar-refractivity contribution in [2.75, 3.05) is 81.3 Å². The molecule has 0 fully saturated rings. The molecule has 0 amide bonds. The van der Waals surface area contributed by atoms with E-state index in [2.05, 4.69) is 0 Å². The number of esters is 3. The number of methoxy groups -OCH3 is 4. The second-order valence-electron chi connectivity index (χ2n) is 14.5. The number of aliphatic hydroxyl groups is 5. The third-order valence-electron chi connectivity index (χ3n) is 7.57. The molecule has 0 heterocycles. The fourth-order valence-electron chi connectivity index (χ4n) is 3.92.